The highest BCUT2D eigenvalue weighted by molar-refractivity contribution is 14.1. The van der Waals surface area contributed by atoms with Gasteiger partial charge in [0.25, 0.3) is 11.8 Å². The van der Waals surface area contributed by atoms with E-state index in [0.717, 1.165) is 34.0 Å². The number of amides is 2. The molecule has 0 aliphatic heterocycles. The van der Waals surface area contributed by atoms with E-state index in [1.165, 1.54) is 22.7 Å². The highest BCUT2D eigenvalue weighted by atomic mass is 127. The van der Waals surface area contributed by atoms with Crippen LogP contribution in [-0.4, -0.2) is 45.2 Å². The number of nitrogens with one attached hydrogen (secondary N) is 2. The van der Waals surface area contributed by atoms with Crippen LogP contribution in [0.2, 0.25) is 0 Å². The predicted octanol–water partition coefficient (Wildman–Crippen LogP) is 3.78. The van der Waals surface area contributed by atoms with E-state index in [0.29, 0.717) is 34.1 Å². The summed E-state index contributed by atoms with van der Waals surface area (Å²) in [6, 6.07) is 14.1. The number of nitrogens with zero attached hydrogens (tertiary/aromatic N) is 4. The molecule has 2 atom stereocenters. The van der Waals surface area contributed by atoms with Crippen molar-refractivity contribution in [3.63, 3.8) is 0 Å². The van der Waals surface area contributed by atoms with Crippen molar-refractivity contribution in [1.82, 2.24) is 20.4 Å². The number of aromatic nitrogens is 4. The molecule has 2 radical (unpaired) electrons. The Hall–Kier alpha value is -2.79. The molecule has 2 unspecified atom stereocenters. The first-order valence-corrected chi connectivity index (χ1v) is 14.5. The average Bonchev–Trinajstić information content (AvgIpc) is 3.55. The minimum Gasteiger partial charge on any atom is -0.378 e. The second-order valence-corrected chi connectivity index (χ2v) is 11.3. The monoisotopic (exact) mass is 674 g/mol. The molecule has 0 fully saturated rings. The lowest BCUT2D eigenvalue weighted by Crippen LogP contribution is -2.21. The molecule has 0 spiro atoms. The minimum atomic E-state index is -1.36. The number of hydrogen-bond acceptors (Lipinski definition) is 10. The quantitative estimate of drug-likeness (QED) is 0.117. The average molecular weight is 674 g/mol. The van der Waals surface area contributed by atoms with Crippen LogP contribution in [0.5, 0.6) is 0 Å². The Morgan fingerprint density at radius 1 is 0.923 bits per heavy atom. The highest BCUT2D eigenvalue weighted by Crippen LogP contribution is 2.25. The van der Waals surface area contributed by atoms with Gasteiger partial charge in [-0.25, -0.2) is 0 Å². The summed E-state index contributed by atoms with van der Waals surface area (Å²) >= 11 is 4.32. The third-order valence-electron chi connectivity index (χ3n) is 5.57. The van der Waals surface area contributed by atoms with E-state index in [1.54, 1.807) is 47.3 Å². The fraction of sp³-hybridized carbons (Fsp3) is 0.280. The highest BCUT2D eigenvalue weighted by Gasteiger charge is 2.23. The van der Waals surface area contributed by atoms with Gasteiger partial charge in [0.1, 0.15) is 40.9 Å². The molecule has 2 amide bonds. The van der Waals surface area contributed by atoms with Crippen LogP contribution >= 0.6 is 45.7 Å². The van der Waals surface area contributed by atoms with Crippen molar-refractivity contribution < 1.29 is 17.8 Å². The third kappa shape index (κ3) is 8.35. The van der Waals surface area contributed by atoms with Gasteiger partial charge in [0, 0.05) is 12.8 Å². The van der Waals surface area contributed by atoms with Gasteiger partial charge in [-0.1, -0.05) is 82.2 Å². The Balaban J connectivity index is 1.20. The molecule has 2 aromatic carbocycles. The zero-order chi connectivity index (χ0) is 27.8. The molecule has 0 saturated carbocycles. The minimum absolute atomic E-state index is 0.308. The Morgan fingerprint density at radius 3 is 2.10 bits per heavy atom. The molecular formula is C25H24BIN6O4S2. The van der Waals surface area contributed by atoms with Crippen LogP contribution in [-0.2, 0) is 25.5 Å². The zero-order valence-corrected chi connectivity index (χ0v) is 24.6. The summed E-state index contributed by atoms with van der Waals surface area (Å²) in [7, 11) is 5.72. The van der Waals surface area contributed by atoms with Gasteiger partial charge >= 0.3 is 0 Å². The van der Waals surface area contributed by atoms with E-state index in [1.807, 2.05) is 31.2 Å². The van der Waals surface area contributed by atoms with Crippen LogP contribution < -0.4 is 16.1 Å². The topological polar surface area (TPSA) is 139 Å². The number of anilines is 2. The maximum Gasteiger partial charge on any atom is 0.261 e. The molecule has 0 saturated heterocycles. The molecule has 3 N–H and O–H groups in total. The van der Waals surface area contributed by atoms with Crippen molar-refractivity contribution in [2.45, 2.75) is 44.8 Å². The van der Waals surface area contributed by atoms with Gasteiger partial charge < -0.3 is 5.11 Å². The summed E-state index contributed by atoms with van der Waals surface area (Å²) < 4.78 is 5.38. The van der Waals surface area contributed by atoms with E-state index < -0.39 is 18.1 Å². The van der Waals surface area contributed by atoms with Crippen molar-refractivity contribution in [3.05, 3.63) is 75.2 Å². The summed E-state index contributed by atoms with van der Waals surface area (Å²) in [4.78, 5) is 25.1. The molecule has 200 valence electrons. The number of aliphatic hydroxyl groups excluding tert-OH is 1. The van der Waals surface area contributed by atoms with Gasteiger partial charge in [0.2, 0.25) is 10.3 Å². The lowest BCUT2D eigenvalue weighted by Gasteiger charge is -2.13. The van der Waals surface area contributed by atoms with E-state index in [2.05, 4.69) is 31.0 Å². The van der Waals surface area contributed by atoms with Crippen LogP contribution in [0.3, 0.4) is 0 Å². The molecule has 4 rings (SSSR count). The second-order valence-electron chi connectivity index (χ2n) is 8.64. The summed E-state index contributed by atoms with van der Waals surface area (Å²) in [5.41, 5.74) is 2.67. The van der Waals surface area contributed by atoms with Gasteiger partial charge in [0.15, 0.2) is 12.2 Å². The molecule has 2 aromatic heterocycles. The molecular weight excluding hydrogens is 650 g/mol. The Morgan fingerprint density at radius 2 is 1.51 bits per heavy atom. The number of hydrogen-bond donors (Lipinski definition) is 3. The Bertz CT molecular complexity index is 1430. The number of benzene rings is 2. The summed E-state index contributed by atoms with van der Waals surface area (Å²) in [5.74, 6) is -0.907. The first-order chi connectivity index (χ1) is 18.8. The van der Waals surface area contributed by atoms with Crippen molar-refractivity contribution in [2.24, 2.45) is 0 Å². The molecule has 0 bridgehead atoms. The molecule has 14 heteroatoms. The maximum atomic E-state index is 12.7. The maximum absolute atomic E-state index is 12.7. The fourth-order valence-corrected chi connectivity index (χ4v) is 5.76. The molecule has 39 heavy (non-hydrogen) atoms. The number of rotatable bonds is 12. The van der Waals surface area contributed by atoms with Crippen molar-refractivity contribution in [3.8, 4) is 0 Å². The molecule has 2 heterocycles. The smallest absolute Gasteiger partial charge is 0.261 e. The molecule has 4 aromatic rings. The van der Waals surface area contributed by atoms with Crippen LogP contribution in [0, 0.1) is 6.92 Å². The van der Waals surface area contributed by atoms with E-state index >= 15 is 0 Å². The van der Waals surface area contributed by atoms with Gasteiger partial charge in [-0.3, -0.25) is 23.3 Å². The van der Waals surface area contributed by atoms with Gasteiger partial charge in [-0.2, -0.15) is 0 Å². The summed E-state index contributed by atoms with van der Waals surface area (Å²) in [6.07, 6.45) is 0.935. The van der Waals surface area contributed by atoms with E-state index in [-0.39, 0.29) is 5.91 Å². The van der Waals surface area contributed by atoms with Gasteiger partial charge in [-0.05, 0) is 30.9 Å². The van der Waals surface area contributed by atoms with Crippen molar-refractivity contribution in [2.75, 3.05) is 10.6 Å². The number of unbranched alkanes of at least 4 members (excludes halogenated alkanes) is 1. The van der Waals surface area contributed by atoms with Crippen molar-refractivity contribution in [1.29, 1.82) is 0 Å². The van der Waals surface area contributed by atoms with Crippen LogP contribution in [0.25, 0.3) is 0 Å². The first-order valence-electron chi connectivity index (χ1n) is 12.0. The Labute approximate surface area is 248 Å². The van der Waals surface area contributed by atoms with Crippen LogP contribution in [0.15, 0.2) is 48.5 Å². The number of aryl methyl sites for hydroxylation is 3. The second kappa shape index (κ2) is 14.0. The SMILES string of the molecule is [B]c1cccc(C(O)C(=O)Nc2nnc(CCCCc3nnc(NC(=O)C(OI)c4cccc(C)c4)s3)s2)c1. The normalized spacial score (nSPS) is 12.6. The molecule has 0 aliphatic carbocycles. The predicted molar refractivity (Wildman–Crippen MR) is 160 cm³/mol. The first kappa shape index (κ1) is 29.2. The van der Waals surface area contributed by atoms with Crippen LogP contribution in [0.4, 0.5) is 10.3 Å². The van der Waals surface area contributed by atoms with Crippen LogP contribution in [0.1, 0.15) is 51.8 Å². The standard InChI is InChI=1S/C25H24BIN6O4S2/c1-14-6-4-8-16(12-14)21(37-27)23(36)29-25-33-31-19(39-25)11-3-2-10-18-30-32-24(38-18)28-22(35)20(34)15-7-5-9-17(26)13-15/h4-9,12-13,20-21,34H,2-3,10-11H2,1H3,(H,28,32,35)(H,29,33,36). The number of carbonyl (C=O) groups is 2. The fourth-order valence-electron chi connectivity index (χ4n) is 3.66. The lowest BCUT2D eigenvalue weighted by atomic mass is 9.93. The van der Waals surface area contributed by atoms with E-state index in [9.17, 15) is 14.7 Å². The largest absolute Gasteiger partial charge is 0.378 e. The molecule has 10 nitrogen and oxygen atoms in total. The summed E-state index contributed by atoms with van der Waals surface area (Å²) in [5, 5.41) is 34.3. The van der Waals surface area contributed by atoms with E-state index in [4.69, 9.17) is 10.9 Å². The number of aliphatic hydroxyl groups is 1. The number of halogens is 1. The summed E-state index contributed by atoms with van der Waals surface area (Å²) in [6.45, 7) is 1.96. The van der Waals surface area contributed by atoms with Crippen molar-refractivity contribution >= 4 is 81.1 Å². The Kier molecular flexibility index (Phi) is 10.5. The molecule has 0 aliphatic rings. The zero-order valence-electron chi connectivity index (χ0n) is 20.8. The van der Waals surface area contributed by atoms with Gasteiger partial charge in [-0.15, -0.1) is 20.4 Å². The lowest BCUT2D eigenvalue weighted by molar-refractivity contribution is -0.124. The third-order valence-corrected chi connectivity index (χ3v) is 7.88. The van der Waals surface area contributed by atoms with Gasteiger partial charge in [0.05, 0.1) is 0 Å². The number of carbonyl (C=O) groups excluding carboxylic acids is 2.